The number of anilines is 1. The number of carbonyl (C=O) groups excluding carboxylic acids is 2. The Balaban J connectivity index is 2.08. The first-order chi connectivity index (χ1) is 11.5. The van der Waals surface area contributed by atoms with Crippen LogP contribution in [0.4, 0.5) is 5.69 Å². The number of amides is 1. The SMILES string of the molecule is CC(=O)N1c2ccccc2C(=O)[C@H]1[C@@H](CCO)c1ccc(Br)cc1. The highest BCUT2D eigenvalue weighted by atomic mass is 79.9. The predicted octanol–water partition coefficient (Wildman–Crippen LogP) is 3.53. The van der Waals surface area contributed by atoms with Crippen molar-refractivity contribution in [1.29, 1.82) is 0 Å². The molecular weight excluding hydrogens is 370 g/mol. The first-order valence-corrected chi connectivity index (χ1v) is 8.63. The summed E-state index contributed by atoms with van der Waals surface area (Å²) in [5.74, 6) is -0.493. The Morgan fingerprint density at radius 3 is 2.50 bits per heavy atom. The summed E-state index contributed by atoms with van der Waals surface area (Å²) in [6, 6.07) is 14.2. The number of hydrogen-bond donors (Lipinski definition) is 1. The molecule has 0 fully saturated rings. The average molecular weight is 388 g/mol. The minimum atomic E-state index is -0.617. The summed E-state index contributed by atoms with van der Waals surface area (Å²) in [4.78, 5) is 26.8. The number of aliphatic hydroxyl groups excluding tert-OH is 1. The van der Waals surface area contributed by atoms with Gasteiger partial charge >= 0.3 is 0 Å². The molecule has 0 saturated heterocycles. The van der Waals surface area contributed by atoms with E-state index in [1.165, 1.54) is 6.92 Å². The number of ketones is 1. The van der Waals surface area contributed by atoms with Gasteiger partial charge in [-0.3, -0.25) is 9.59 Å². The number of fused-ring (bicyclic) bond motifs is 1. The summed E-state index contributed by atoms with van der Waals surface area (Å²) in [6.07, 6.45) is 0.413. The van der Waals surface area contributed by atoms with Crippen LogP contribution in [0.3, 0.4) is 0 Å². The predicted molar refractivity (Wildman–Crippen MR) is 96.3 cm³/mol. The fraction of sp³-hybridized carbons (Fsp3) is 0.263. The summed E-state index contributed by atoms with van der Waals surface area (Å²) in [7, 11) is 0. The van der Waals surface area contributed by atoms with Crippen molar-refractivity contribution < 1.29 is 14.7 Å². The van der Waals surface area contributed by atoms with Crippen LogP contribution in [-0.4, -0.2) is 29.4 Å². The van der Waals surface area contributed by atoms with Crippen LogP contribution in [0.1, 0.15) is 35.2 Å². The summed E-state index contributed by atoms with van der Waals surface area (Å²) in [6.45, 7) is 1.42. The van der Waals surface area contributed by atoms with Gasteiger partial charge in [0.1, 0.15) is 6.04 Å². The highest BCUT2D eigenvalue weighted by Gasteiger charge is 2.44. The lowest BCUT2D eigenvalue weighted by Gasteiger charge is -2.30. The summed E-state index contributed by atoms with van der Waals surface area (Å²) in [5.41, 5.74) is 2.16. The maximum Gasteiger partial charge on any atom is 0.224 e. The standard InChI is InChI=1S/C19H18BrNO3/c1-12(23)21-17-5-3-2-4-16(17)19(24)18(21)15(10-11-22)13-6-8-14(20)9-7-13/h2-9,15,18,22H,10-11H2,1H3/t15-,18+/m0/s1. The minimum absolute atomic E-state index is 0.0490. The highest BCUT2D eigenvalue weighted by Crippen LogP contribution is 2.40. The third kappa shape index (κ3) is 2.89. The molecular formula is C19H18BrNO3. The summed E-state index contributed by atoms with van der Waals surface area (Å²) < 4.78 is 0.943. The van der Waals surface area contributed by atoms with Gasteiger partial charge in [0.2, 0.25) is 5.91 Å². The highest BCUT2D eigenvalue weighted by molar-refractivity contribution is 9.10. The molecule has 3 rings (SSSR count). The van der Waals surface area contributed by atoms with Crippen molar-refractivity contribution >= 4 is 33.3 Å². The first kappa shape index (κ1) is 16.9. The van der Waals surface area contributed by atoms with Gasteiger partial charge in [0, 0.05) is 29.5 Å². The Kier molecular flexibility index (Phi) is 4.83. The molecule has 124 valence electrons. The third-order valence-electron chi connectivity index (χ3n) is 4.43. The van der Waals surface area contributed by atoms with Gasteiger partial charge in [0.25, 0.3) is 0 Å². The van der Waals surface area contributed by atoms with Crippen LogP contribution >= 0.6 is 15.9 Å². The second-order valence-corrected chi connectivity index (χ2v) is 6.80. The molecule has 0 unspecified atom stereocenters. The number of rotatable bonds is 4. The summed E-state index contributed by atoms with van der Waals surface area (Å²) in [5, 5.41) is 9.52. The van der Waals surface area contributed by atoms with Gasteiger partial charge in [0.15, 0.2) is 5.78 Å². The molecule has 1 N–H and O–H groups in total. The molecule has 0 bridgehead atoms. The fourth-order valence-corrected chi connectivity index (χ4v) is 3.67. The van der Waals surface area contributed by atoms with E-state index in [0.717, 1.165) is 10.0 Å². The molecule has 0 spiro atoms. The van der Waals surface area contributed by atoms with E-state index in [4.69, 9.17) is 0 Å². The van der Waals surface area contributed by atoms with E-state index < -0.39 is 6.04 Å². The maximum absolute atomic E-state index is 13.0. The monoisotopic (exact) mass is 387 g/mol. The Labute approximate surface area is 149 Å². The number of benzene rings is 2. The van der Waals surface area contributed by atoms with E-state index in [0.29, 0.717) is 17.7 Å². The molecule has 2 atom stereocenters. The van der Waals surface area contributed by atoms with Crippen LogP contribution in [-0.2, 0) is 4.79 Å². The molecule has 24 heavy (non-hydrogen) atoms. The Bertz CT molecular complexity index is 772. The lowest BCUT2D eigenvalue weighted by atomic mass is 9.86. The zero-order chi connectivity index (χ0) is 17.3. The smallest absolute Gasteiger partial charge is 0.224 e. The second kappa shape index (κ2) is 6.87. The second-order valence-electron chi connectivity index (χ2n) is 5.89. The first-order valence-electron chi connectivity index (χ1n) is 7.84. The van der Waals surface area contributed by atoms with Crippen molar-refractivity contribution in [3.63, 3.8) is 0 Å². The van der Waals surface area contributed by atoms with Gasteiger partial charge in [-0.1, -0.05) is 40.2 Å². The zero-order valence-corrected chi connectivity index (χ0v) is 14.9. The van der Waals surface area contributed by atoms with E-state index in [1.54, 1.807) is 23.1 Å². The Morgan fingerprint density at radius 2 is 1.88 bits per heavy atom. The van der Waals surface area contributed by atoms with Crippen LogP contribution in [0.25, 0.3) is 0 Å². The average Bonchev–Trinajstić information content (AvgIpc) is 2.87. The molecule has 0 aromatic heterocycles. The molecule has 2 aromatic carbocycles. The van der Waals surface area contributed by atoms with Crippen molar-refractivity contribution in [1.82, 2.24) is 0 Å². The molecule has 1 heterocycles. The molecule has 0 aliphatic carbocycles. The van der Waals surface area contributed by atoms with Gasteiger partial charge in [-0.05, 0) is 36.2 Å². The minimum Gasteiger partial charge on any atom is -0.396 e. The van der Waals surface area contributed by atoms with Crippen molar-refractivity contribution in [3.8, 4) is 0 Å². The van der Waals surface area contributed by atoms with Crippen molar-refractivity contribution in [2.24, 2.45) is 0 Å². The van der Waals surface area contributed by atoms with Gasteiger partial charge in [-0.2, -0.15) is 0 Å². The van der Waals surface area contributed by atoms with Crippen molar-refractivity contribution in [2.45, 2.75) is 25.3 Å². The number of carbonyl (C=O) groups is 2. The summed E-state index contributed by atoms with van der Waals surface area (Å²) >= 11 is 3.41. The quantitative estimate of drug-likeness (QED) is 0.872. The fourth-order valence-electron chi connectivity index (χ4n) is 3.40. The van der Waals surface area contributed by atoms with Crippen molar-refractivity contribution in [3.05, 3.63) is 64.1 Å². The van der Waals surface area contributed by atoms with Crippen LogP contribution in [0.15, 0.2) is 53.0 Å². The lowest BCUT2D eigenvalue weighted by molar-refractivity contribution is -0.116. The maximum atomic E-state index is 13.0. The van der Waals surface area contributed by atoms with E-state index >= 15 is 0 Å². The number of aliphatic hydroxyl groups is 1. The van der Waals surface area contributed by atoms with Crippen LogP contribution in [0.5, 0.6) is 0 Å². The normalized spacial score (nSPS) is 17.7. The van der Waals surface area contributed by atoms with Gasteiger partial charge < -0.3 is 10.0 Å². The van der Waals surface area contributed by atoms with Gasteiger partial charge in [-0.15, -0.1) is 0 Å². The number of Topliss-reactive ketones (excluding diaryl/α,β-unsaturated/α-hetero) is 1. The molecule has 2 aromatic rings. The molecule has 1 aliphatic rings. The number of hydrogen-bond acceptors (Lipinski definition) is 3. The largest absolute Gasteiger partial charge is 0.396 e. The van der Waals surface area contributed by atoms with E-state index in [2.05, 4.69) is 15.9 Å². The molecule has 1 amide bonds. The number of para-hydroxylation sites is 1. The van der Waals surface area contributed by atoms with Crippen LogP contribution < -0.4 is 4.90 Å². The lowest BCUT2D eigenvalue weighted by Crippen LogP contribution is -2.43. The molecule has 0 radical (unpaired) electrons. The number of nitrogens with zero attached hydrogens (tertiary/aromatic N) is 1. The van der Waals surface area contributed by atoms with Gasteiger partial charge in [-0.25, -0.2) is 0 Å². The van der Waals surface area contributed by atoms with Crippen LogP contribution in [0, 0.1) is 0 Å². The van der Waals surface area contributed by atoms with E-state index in [9.17, 15) is 14.7 Å². The molecule has 4 nitrogen and oxygen atoms in total. The molecule has 5 heteroatoms. The third-order valence-corrected chi connectivity index (χ3v) is 4.96. The van der Waals surface area contributed by atoms with E-state index in [1.807, 2.05) is 30.3 Å². The van der Waals surface area contributed by atoms with Gasteiger partial charge in [0.05, 0.1) is 5.69 Å². The Hall–Kier alpha value is -1.98. The molecule has 1 aliphatic heterocycles. The van der Waals surface area contributed by atoms with Crippen LogP contribution in [0.2, 0.25) is 0 Å². The Morgan fingerprint density at radius 1 is 1.21 bits per heavy atom. The van der Waals surface area contributed by atoms with E-state index in [-0.39, 0.29) is 24.2 Å². The van der Waals surface area contributed by atoms with Crippen molar-refractivity contribution in [2.75, 3.05) is 11.5 Å². The number of halogens is 1. The molecule has 0 saturated carbocycles. The zero-order valence-electron chi connectivity index (χ0n) is 13.3. The topological polar surface area (TPSA) is 57.6 Å².